The lowest BCUT2D eigenvalue weighted by Crippen LogP contribution is -2.45. The fourth-order valence-electron chi connectivity index (χ4n) is 1.66. The molecule has 1 atom stereocenters. The molecule has 1 aromatic heterocycles. The molecule has 1 N–H and O–H groups in total. The van der Waals surface area contributed by atoms with Crippen molar-refractivity contribution in [3.63, 3.8) is 0 Å². The largest absolute Gasteiger partial charge is 0.316 e. The Morgan fingerprint density at radius 1 is 1.44 bits per heavy atom. The smallest absolute Gasteiger partial charge is 0.250 e. The Balaban J connectivity index is 1.80. The molecular weight excluding hydrogens is 224 g/mol. The molecule has 0 aromatic carbocycles. The number of hydrogen-bond donors (Lipinski definition) is 1. The van der Waals surface area contributed by atoms with Crippen LogP contribution in [-0.4, -0.2) is 33.4 Å². The summed E-state index contributed by atoms with van der Waals surface area (Å²) in [5.74, 6) is 1.89. The standard InChI is InChI=1S/C11H16N2O2S/c14-11-3-1-2-4-13(11)5-6-16(15)9-10-7-12-8-10/h1-4,10,12H,5-9H2. The zero-order chi connectivity index (χ0) is 11.4. The van der Waals surface area contributed by atoms with Crippen molar-refractivity contribution in [1.82, 2.24) is 9.88 Å². The van der Waals surface area contributed by atoms with Gasteiger partial charge in [0, 0.05) is 54.2 Å². The van der Waals surface area contributed by atoms with E-state index in [0.29, 0.717) is 18.2 Å². The van der Waals surface area contributed by atoms with Gasteiger partial charge in [0.25, 0.3) is 5.56 Å². The molecule has 1 aliphatic rings. The van der Waals surface area contributed by atoms with E-state index < -0.39 is 10.8 Å². The summed E-state index contributed by atoms with van der Waals surface area (Å²) < 4.78 is 13.3. The van der Waals surface area contributed by atoms with Crippen LogP contribution in [0.3, 0.4) is 0 Å². The SMILES string of the molecule is O=c1ccccn1CCS(=O)CC1CNC1. The predicted molar refractivity (Wildman–Crippen MR) is 64.9 cm³/mol. The Labute approximate surface area is 97.1 Å². The summed E-state index contributed by atoms with van der Waals surface area (Å²) >= 11 is 0. The maximum atomic E-state index is 11.7. The first-order chi connectivity index (χ1) is 7.75. The van der Waals surface area contributed by atoms with Gasteiger partial charge in [0.05, 0.1) is 0 Å². The van der Waals surface area contributed by atoms with Crippen molar-refractivity contribution in [1.29, 1.82) is 0 Å². The van der Waals surface area contributed by atoms with Crippen LogP contribution in [0.15, 0.2) is 29.2 Å². The van der Waals surface area contributed by atoms with E-state index in [4.69, 9.17) is 0 Å². The van der Waals surface area contributed by atoms with Gasteiger partial charge in [-0.2, -0.15) is 0 Å². The van der Waals surface area contributed by atoms with Gasteiger partial charge < -0.3 is 9.88 Å². The first-order valence-electron chi connectivity index (χ1n) is 5.47. The second kappa shape index (κ2) is 5.41. The third-order valence-corrected chi connectivity index (χ3v) is 4.23. The van der Waals surface area contributed by atoms with Crippen LogP contribution >= 0.6 is 0 Å². The fraction of sp³-hybridized carbons (Fsp3) is 0.545. The number of hydrogen-bond acceptors (Lipinski definition) is 3. The molecular formula is C11H16N2O2S. The number of pyridine rings is 1. The minimum Gasteiger partial charge on any atom is -0.316 e. The number of aryl methyl sites for hydroxylation is 1. The number of rotatable bonds is 5. The molecule has 4 nitrogen and oxygen atoms in total. The molecule has 1 saturated heterocycles. The monoisotopic (exact) mass is 240 g/mol. The number of nitrogens with one attached hydrogen (secondary N) is 1. The molecule has 88 valence electrons. The van der Waals surface area contributed by atoms with Gasteiger partial charge in [-0.25, -0.2) is 0 Å². The van der Waals surface area contributed by atoms with Crippen molar-refractivity contribution in [3.8, 4) is 0 Å². The molecule has 1 aromatic rings. The zero-order valence-corrected chi connectivity index (χ0v) is 9.91. The van der Waals surface area contributed by atoms with E-state index in [1.807, 2.05) is 6.07 Å². The van der Waals surface area contributed by atoms with Crippen LogP contribution in [-0.2, 0) is 17.3 Å². The van der Waals surface area contributed by atoms with Crippen LogP contribution in [0, 0.1) is 5.92 Å². The number of nitrogens with zero attached hydrogens (tertiary/aromatic N) is 1. The third kappa shape index (κ3) is 3.02. The van der Waals surface area contributed by atoms with E-state index in [1.54, 1.807) is 16.8 Å². The van der Waals surface area contributed by atoms with E-state index in [9.17, 15) is 9.00 Å². The van der Waals surface area contributed by atoms with Crippen molar-refractivity contribution in [3.05, 3.63) is 34.7 Å². The first kappa shape index (κ1) is 11.5. The Bertz CT molecular complexity index is 426. The molecule has 1 aliphatic heterocycles. The molecule has 0 amide bonds. The highest BCUT2D eigenvalue weighted by atomic mass is 32.2. The summed E-state index contributed by atoms with van der Waals surface area (Å²) in [6.07, 6.45) is 1.74. The highest BCUT2D eigenvalue weighted by molar-refractivity contribution is 7.84. The van der Waals surface area contributed by atoms with Gasteiger partial charge in [-0.05, 0) is 12.0 Å². The van der Waals surface area contributed by atoms with Crippen molar-refractivity contribution in [2.45, 2.75) is 6.54 Å². The van der Waals surface area contributed by atoms with Gasteiger partial charge in [-0.1, -0.05) is 6.07 Å². The van der Waals surface area contributed by atoms with Crippen molar-refractivity contribution in [2.24, 2.45) is 5.92 Å². The molecule has 16 heavy (non-hydrogen) atoms. The second-order valence-corrected chi connectivity index (χ2v) is 5.69. The number of aromatic nitrogens is 1. The van der Waals surface area contributed by atoms with E-state index in [-0.39, 0.29) is 5.56 Å². The summed E-state index contributed by atoms with van der Waals surface area (Å²) in [6.45, 7) is 2.51. The van der Waals surface area contributed by atoms with Gasteiger partial charge >= 0.3 is 0 Å². The summed E-state index contributed by atoms with van der Waals surface area (Å²) in [7, 11) is -0.807. The minimum atomic E-state index is -0.807. The van der Waals surface area contributed by atoms with Crippen LogP contribution in [0.2, 0.25) is 0 Å². The quantitative estimate of drug-likeness (QED) is 0.776. The molecule has 2 rings (SSSR count). The highest BCUT2D eigenvalue weighted by Crippen LogP contribution is 2.04. The molecule has 0 bridgehead atoms. The van der Waals surface area contributed by atoms with Crippen LogP contribution < -0.4 is 10.9 Å². The Morgan fingerprint density at radius 3 is 2.88 bits per heavy atom. The molecule has 0 aliphatic carbocycles. The Kier molecular flexibility index (Phi) is 3.90. The third-order valence-electron chi connectivity index (χ3n) is 2.75. The van der Waals surface area contributed by atoms with Crippen molar-refractivity contribution < 1.29 is 4.21 Å². The van der Waals surface area contributed by atoms with Gasteiger partial charge in [-0.15, -0.1) is 0 Å². The first-order valence-corrected chi connectivity index (χ1v) is 6.95. The molecule has 1 fully saturated rings. The van der Waals surface area contributed by atoms with Crippen molar-refractivity contribution in [2.75, 3.05) is 24.6 Å². The summed E-state index contributed by atoms with van der Waals surface area (Å²) in [5, 5.41) is 3.16. The molecule has 0 spiro atoms. The average Bonchev–Trinajstić information content (AvgIpc) is 2.22. The molecule has 2 heterocycles. The predicted octanol–water partition coefficient (Wildman–Crippen LogP) is -0.184. The maximum absolute atomic E-state index is 11.7. The highest BCUT2D eigenvalue weighted by Gasteiger charge is 2.19. The Morgan fingerprint density at radius 2 is 2.25 bits per heavy atom. The lowest BCUT2D eigenvalue weighted by atomic mass is 10.1. The zero-order valence-electron chi connectivity index (χ0n) is 9.09. The van der Waals surface area contributed by atoms with E-state index in [0.717, 1.165) is 18.8 Å². The summed E-state index contributed by atoms with van der Waals surface area (Å²) in [6, 6.07) is 5.06. The molecule has 0 saturated carbocycles. The second-order valence-electron chi connectivity index (χ2n) is 4.07. The van der Waals surface area contributed by atoms with Crippen LogP contribution in [0.1, 0.15) is 0 Å². The fourth-order valence-corrected chi connectivity index (χ4v) is 2.99. The molecule has 0 radical (unpaired) electrons. The average molecular weight is 240 g/mol. The summed E-state index contributed by atoms with van der Waals surface area (Å²) in [5.41, 5.74) is -0.0233. The van der Waals surface area contributed by atoms with Gasteiger partial charge in [0.2, 0.25) is 0 Å². The van der Waals surface area contributed by atoms with E-state index in [1.165, 1.54) is 6.07 Å². The maximum Gasteiger partial charge on any atom is 0.250 e. The van der Waals surface area contributed by atoms with E-state index in [2.05, 4.69) is 5.32 Å². The van der Waals surface area contributed by atoms with Crippen molar-refractivity contribution >= 4 is 10.8 Å². The van der Waals surface area contributed by atoms with Gasteiger partial charge in [0.15, 0.2) is 0 Å². The van der Waals surface area contributed by atoms with Gasteiger partial charge in [-0.3, -0.25) is 9.00 Å². The topological polar surface area (TPSA) is 51.1 Å². The molecule has 5 heteroatoms. The minimum absolute atomic E-state index is 0.0233. The summed E-state index contributed by atoms with van der Waals surface area (Å²) in [4.78, 5) is 11.4. The lowest BCUT2D eigenvalue weighted by Gasteiger charge is -2.26. The van der Waals surface area contributed by atoms with Gasteiger partial charge in [0.1, 0.15) is 0 Å². The Hall–Kier alpha value is -0.940. The molecule has 1 unspecified atom stereocenters. The normalized spacial score (nSPS) is 18.0. The van der Waals surface area contributed by atoms with E-state index >= 15 is 0 Å². The van der Waals surface area contributed by atoms with Crippen LogP contribution in [0.25, 0.3) is 0 Å². The van der Waals surface area contributed by atoms with Crippen LogP contribution in [0.4, 0.5) is 0 Å². The lowest BCUT2D eigenvalue weighted by molar-refractivity contribution is 0.382. The van der Waals surface area contributed by atoms with Crippen LogP contribution in [0.5, 0.6) is 0 Å².